The predicted molar refractivity (Wildman–Crippen MR) is 130 cm³/mol. The number of nitrogens with one attached hydrogen (secondary N) is 1. The summed E-state index contributed by atoms with van der Waals surface area (Å²) in [5, 5.41) is 10.1. The Morgan fingerprint density at radius 2 is 1.94 bits per heavy atom. The van der Waals surface area contributed by atoms with Gasteiger partial charge >= 0.3 is 6.43 Å². The van der Waals surface area contributed by atoms with Gasteiger partial charge in [-0.05, 0) is 56.3 Å². The van der Waals surface area contributed by atoms with E-state index in [1.165, 1.54) is 10.5 Å². The number of hydrogen-bond donors (Lipinski definition) is 1. The third-order valence-electron chi connectivity index (χ3n) is 6.58. The molecule has 0 amide bonds. The maximum absolute atomic E-state index is 13.8. The summed E-state index contributed by atoms with van der Waals surface area (Å²) in [6, 6.07) is 10.4. The first-order valence-electron chi connectivity index (χ1n) is 11.6. The van der Waals surface area contributed by atoms with Crippen LogP contribution < -0.4 is 9.62 Å². The summed E-state index contributed by atoms with van der Waals surface area (Å²) in [5.74, 6) is -0.857. The molecule has 2 aliphatic rings. The van der Waals surface area contributed by atoms with Crippen molar-refractivity contribution < 1.29 is 21.6 Å². The molecular weight excluding hydrogens is 514 g/mol. The SMILES string of the molecule is O=S(=O)(C1CCN(C2CNC2)CC1)N(Cc1ccc(-c2nnc(C(F)F)o2)cn1)c1cccc(Cl)c1. The van der Waals surface area contributed by atoms with Crippen LogP contribution in [-0.2, 0) is 16.6 Å². The zero-order chi connectivity index (χ0) is 25.3. The summed E-state index contributed by atoms with van der Waals surface area (Å²) < 4.78 is 59.5. The Morgan fingerprint density at radius 1 is 1.17 bits per heavy atom. The lowest BCUT2D eigenvalue weighted by Crippen LogP contribution is -2.59. The molecule has 192 valence electrons. The van der Waals surface area contributed by atoms with E-state index >= 15 is 0 Å². The largest absolute Gasteiger partial charge is 0.415 e. The summed E-state index contributed by atoms with van der Waals surface area (Å²) in [5.41, 5.74) is 1.28. The molecule has 0 unspecified atom stereocenters. The molecular formula is C23H25ClF2N6O3S. The van der Waals surface area contributed by atoms with Gasteiger partial charge in [-0.15, -0.1) is 10.2 Å². The first-order valence-corrected chi connectivity index (χ1v) is 13.5. The standard InChI is InChI=1S/C23H25ClF2N6O3S/c24-16-2-1-3-18(10-16)32(36(33,34)20-6-8-31(9-7-20)19-12-27-13-19)14-17-5-4-15(11-28-17)22-29-30-23(35-22)21(25)26/h1-5,10-11,19-21,27H,6-9,12-14H2. The highest BCUT2D eigenvalue weighted by atomic mass is 35.5. The lowest BCUT2D eigenvalue weighted by molar-refractivity contribution is 0.116. The molecule has 0 spiro atoms. The van der Waals surface area contributed by atoms with Crippen molar-refractivity contribution in [3.63, 3.8) is 0 Å². The predicted octanol–water partition coefficient (Wildman–Crippen LogP) is 3.50. The van der Waals surface area contributed by atoms with E-state index in [4.69, 9.17) is 16.0 Å². The summed E-state index contributed by atoms with van der Waals surface area (Å²) in [6.07, 6.45) is -0.378. The third kappa shape index (κ3) is 5.22. The number of likely N-dealkylation sites (tertiary alicyclic amines) is 1. The highest BCUT2D eigenvalue weighted by molar-refractivity contribution is 7.93. The van der Waals surface area contributed by atoms with Crippen LogP contribution in [0.1, 0.15) is 30.9 Å². The lowest BCUT2D eigenvalue weighted by Gasteiger charge is -2.42. The quantitative estimate of drug-likeness (QED) is 0.465. The molecule has 3 aromatic rings. The number of aromatic nitrogens is 3. The topological polar surface area (TPSA) is 104 Å². The average molecular weight is 539 g/mol. The van der Waals surface area contributed by atoms with Crippen molar-refractivity contribution >= 4 is 27.3 Å². The number of sulfonamides is 1. The maximum atomic E-state index is 13.8. The molecule has 0 atom stereocenters. The highest BCUT2D eigenvalue weighted by Crippen LogP contribution is 2.30. The Labute approximate surface area is 212 Å². The van der Waals surface area contributed by atoms with Crippen molar-refractivity contribution in [2.24, 2.45) is 0 Å². The van der Waals surface area contributed by atoms with Gasteiger partial charge < -0.3 is 9.73 Å². The first kappa shape index (κ1) is 25.0. The van der Waals surface area contributed by atoms with Crippen LogP contribution in [0.3, 0.4) is 0 Å². The number of halogens is 3. The van der Waals surface area contributed by atoms with Gasteiger partial charge in [-0.1, -0.05) is 17.7 Å². The highest BCUT2D eigenvalue weighted by Gasteiger charge is 2.37. The van der Waals surface area contributed by atoms with Crippen molar-refractivity contribution in [3.8, 4) is 11.5 Å². The second-order valence-corrected chi connectivity index (χ2v) is 11.4. The Kier molecular flexibility index (Phi) is 7.20. The number of pyridine rings is 1. The third-order valence-corrected chi connectivity index (χ3v) is 9.09. The van der Waals surface area contributed by atoms with Crippen LogP contribution in [0, 0.1) is 0 Å². The van der Waals surface area contributed by atoms with Gasteiger partial charge in [-0.3, -0.25) is 14.2 Å². The molecule has 2 aromatic heterocycles. The van der Waals surface area contributed by atoms with Crippen molar-refractivity contribution in [2.45, 2.75) is 37.1 Å². The molecule has 9 nitrogen and oxygen atoms in total. The van der Waals surface area contributed by atoms with Gasteiger partial charge in [0.1, 0.15) is 0 Å². The normalized spacial score (nSPS) is 17.9. The summed E-state index contributed by atoms with van der Waals surface area (Å²) >= 11 is 6.19. The molecule has 0 radical (unpaired) electrons. The molecule has 36 heavy (non-hydrogen) atoms. The van der Waals surface area contributed by atoms with Crippen LogP contribution in [0.2, 0.25) is 5.02 Å². The van der Waals surface area contributed by atoms with E-state index in [0.717, 1.165) is 26.2 Å². The van der Waals surface area contributed by atoms with Crippen LogP contribution in [0.25, 0.3) is 11.5 Å². The number of piperidine rings is 1. The van der Waals surface area contributed by atoms with Gasteiger partial charge in [0.05, 0.1) is 28.7 Å². The molecule has 2 aliphatic heterocycles. The van der Waals surface area contributed by atoms with Gasteiger partial charge in [0.2, 0.25) is 15.9 Å². The van der Waals surface area contributed by atoms with Crippen molar-refractivity contribution in [2.75, 3.05) is 30.5 Å². The Hall–Kier alpha value is -2.67. The van der Waals surface area contributed by atoms with Gasteiger partial charge in [-0.2, -0.15) is 8.78 Å². The van der Waals surface area contributed by atoms with E-state index in [1.54, 1.807) is 36.4 Å². The van der Waals surface area contributed by atoms with Crippen molar-refractivity contribution in [1.29, 1.82) is 0 Å². The molecule has 0 aliphatic carbocycles. The van der Waals surface area contributed by atoms with Gasteiger partial charge in [0.15, 0.2) is 0 Å². The minimum atomic E-state index is -3.73. The lowest BCUT2D eigenvalue weighted by atomic mass is 10.0. The molecule has 13 heteroatoms. The van der Waals surface area contributed by atoms with Crippen molar-refractivity contribution in [1.82, 2.24) is 25.4 Å². The van der Waals surface area contributed by atoms with E-state index in [0.29, 0.717) is 40.9 Å². The van der Waals surface area contributed by atoms with Crippen LogP contribution in [0.15, 0.2) is 47.0 Å². The second-order valence-electron chi connectivity index (χ2n) is 8.86. The number of nitrogens with zero attached hydrogens (tertiary/aromatic N) is 5. The summed E-state index contributed by atoms with van der Waals surface area (Å²) in [6.45, 7) is 3.35. The Bertz CT molecular complexity index is 1300. The van der Waals surface area contributed by atoms with Crippen LogP contribution in [0.4, 0.5) is 14.5 Å². The van der Waals surface area contributed by atoms with E-state index < -0.39 is 27.6 Å². The fourth-order valence-corrected chi connectivity index (χ4v) is 6.51. The second kappa shape index (κ2) is 10.4. The maximum Gasteiger partial charge on any atom is 0.314 e. The van der Waals surface area contributed by atoms with Gasteiger partial charge in [-0.25, -0.2) is 8.42 Å². The first-order chi connectivity index (χ1) is 17.3. The van der Waals surface area contributed by atoms with Crippen molar-refractivity contribution in [3.05, 3.63) is 59.2 Å². The zero-order valence-corrected chi connectivity index (χ0v) is 20.8. The van der Waals surface area contributed by atoms with Gasteiger partial charge in [0, 0.05) is 30.4 Å². The minimum Gasteiger partial charge on any atom is -0.415 e. The number of hydrogen-bond acceptors (Lipinski definition) is 8. The molecule has 0 bridgehead atoms. The molecule has 1 aromatic carbocycles. The molecule has 5 rings (SSSR count). The molecule has 2 fully saturated rings. The number of benzene rings is 1. The zero-order valence-electron chi connectivity index (χ0n) is 19.2. The Balaban J connectivity index is 1.37. The number of anilines is 1. The van der Waals surface area contributed by atoms with E-state index in [-0.39, 0.29) is 12.4 Å². The minimum absolute atomic E-state index is 0.0121. The average Bonchev–Trinajstić information content (AvgIpc) is 3.33. The smallest absolute Gasteiger partial charge is 0.314 e. The fourth-order valence-electron chi connectivity index (χ4n) is 4.44. The summed E-state index contributed by atoms with van der Waals surface area (Å²) in [4.78, 5) is 6.69. The van der Waals surface area contributed by atoms with E-state index in [2.05, 4.69) is 25.4 Å². The van der Waals surface area contributed by atoms with Gasteiger partial charge in [0.25, 0.3) is 5.89 Å². The number of rotatable bonds is 8. The molecule has 0 saturated carbocycles. The monoisotopic (exact) mass is 538 g/mol. The Morgan fingerprint density at radius 3 is 2.53 bits per heavy atom. The number of alkyl halides is 2. The van der Waals surface area contributed by atoms with E-state index in [9.17, 15) is 17.2 Å². The van der Waals surface area contributed by atoms with Crippen LogP contribution in [0.5, 0.6) is 0 Å². The van der Waals surface area contributed by atoms with Crippen LogP contribution >= 0.6 is 11.6 Å². The summed E-state index contributed by atoms with van der Waals surface area (Å²) in [7, 11) is -3.73. The fraction of sp³-hybridized carbons (Fsp3) is 0.435. The van der Waals surface area contributed by atoms with E-state index in [1.807, 2.05) is 0 Å². The molecule has 2 saturated heterocycles. The molecule has 4 heterocycles. The van der Waals surface area contributed by atoms with Crippen LogP contribution in [-0.4, -0.2) is 66.0 Å². The molecule has 1 N–H and O–H groups in total.